The van der Waals surface area contributed by atoms with Gasteiger partial charge in [-0.05, 0) is 30.3 Å². The van der Waals surface area contributed by atoms with E-state index < -0.39 is 38.0 Å². The van der Waals surface area contributed by atoms with Crippen molar-refractivity contribution in [2.45, 2.75) is 18.7 Å². The van der Waals surface area contributed by atoms with Gasteiger partial charge in [0.15, 0.2) is 4.90 Å². The fourth-order valence-corrected chi connectivity index (χ4v) is 4.10. The molecule has 0 aromatic heterocycles. The van der Waals surface area contributed by atoms with Crippen molar-refractivity contribution in [3.8, 4) is 0 Å². The third-order valence-electron chi connectivity index (χ3n) is 3.84. The maximum atomic E-state index is 12.8. The number of benzene rings is 2. The molecule has 2 amide bonds. The van der Waals surface area contributed by atoms with Crippen LogP contribution in [0.5, 0.6) is 0 Å². The lowest BCUT2D eigenvalue weighted by atomic mass is 10.2. The van der Waals surface area contributed by atoms with Crippen LogP contribution < -0.4 is 10.6 Å². The van der Waals surface area contributed by atoms with Gasteiger partial charge >= 0.3 is 0 Å². The summed E-state index contributed by atoms with van der Waals surface area (Å²) in [6.45, 7) is 2.33. The summed E-state index contributed by atoms with van der Waals surface area (Å²) in [7, 11) is -4.25. The highest BCUT2D eigenvalue weighted by atomic mass is 32.2. The Bertz CT molecular complexity index is 1020. The van der Waals surface area contributed by atoms with Gasteiger partial charge in [-0.15, -0.1) is 0 Å². The number of anilines is 2. The molecule has 29 heavy (non-hydrogen) atoms. The number of nitrogens with one attached hydrogen (secondary N) is 2. The predicted molar refractivity (Wildman–Crippen MR) is 107 cm³/mol. The Morgan fingerprint density at radius 3 is 2.10 bits per heavy atom. The van der Waals surface area contributed by atoms with Crippen LogP contribution in [-0.2, 0) is 19.6 Å². The molecule has 0 aliphatic heterocycles. The van der Waals surface area contributed by atoms with E-state index in [0.717, 1.165) is 16.4 Å². The van der Waals surface area contributed by atoms with Crippen molar-refractivity contribution in [3.63, 3.8) is 0 Å². The average Bonchev–Trinajstić information content (AvgIpc) is 2.67. The number of hydrogen-bond acceptors (Lipinski definition) is 6. The number of nitrogens with zero attached hydrogens (tertiary/aromatic N) is 2. The maximum absolute atomic E-state index is 12.8. The van der Waals surface area contributed by atoms with E-state index in [-0.39, 0.29) is 12.5 Å². The summed E-state index contributed by atoms with van der Waals surface area (Å²) in [6, 6.07) is 11.2. The van der Waals surface area contributed by atoms with Crippen molar-refractivity contribution >= 4 is 38.9 Å². The molecule has 0 fully saturated rings. The van der Waals surface area contributed by atoms with E-state index in [2.05, 4.69) is 10.6 Å². The summed E-state index contributed by atoms with van der Waals surface area (Å²) in [4.78, 5) is 33.2. The molecule has 2 N–H and O–H groups in total. The molecule has 10 nitrogen and oxygen atoms in total. The standard InChI is InChI=1S/C18H20N4O6S/c1-3-21(29(27,28)17-7-5-4-6-16(17)22(25)26)12-18(24)20-15-10-8-14(9-11-15)19-13(2)23/h4-11H,3,12H2,1-2H3,(H,19,23)(H,20,24). The monoisotopic (exact) mass is 420 g/mol. The van der Waals surface area contributed by atoms with Gasteiger partial charge in [-0.2, -0.15) is 4.31 Å². The largest absolute Gasteiger partial charge is 0.326 e. The fourth-order valence-electron chi connectivity index (χ4n) is 2.53. The third-order valence-corrected chi connectivity index (χ3v) is 5.81. The van der Waals surface area contributed by atoms with Crippen LogP contribution in [0.4, 0.5) is 17.1 Å². The van der Waals surface area contributed by atoms with Gasteiger partial charge in [0.25, 0.3) is 5.69 Å². The Hall–Kier alpha value is -3.31. The fraction of sp³-hybridized carbons (Fsp3) is 0.222. The second kappa shape index (κ2) is 9.26. The van der Waals surface area contributed by atoms with E-state index in [1.54, 1.807) is 24.3 Å². The minimum absolute atomic E-state index is 0.0523. The Labute approximate surface area is 167 Å². The molecule has 0 unspecified atom stereocenters. The summed E-state index contributed by atoms with van der Waals surface area (Å²) >= 11 is 0. The molecule has 0 spiro atoms. The van der Waals surface area contributed by atoms with Crippen LogP contribution in [0.25, 0.3) is 0 Å². The molecule has 0 saturated carbocycles. The second-order valence-electron chi connectivity index (χ2n) is 5.96. The zero-order chi connectivity index (χ0) is 21.6. The minimum Gasteiger partial charge on any atom is -0.326 e. The summed E-state index contributed by atoms with van der Waals surface area (Å²) in [6.07, 6.45) is 0. The first-order chi connectivity index (χ1) is 13.6. The van der Waals surface area contributed by atoms with E-state index >= 15 is 0 Å². The average molecular weight is 420 g/mol. The summed E-state index contributed by atoms with van der Waals surface area (Å²) in [5.41, 5.74) is 0.396. The van der Waals surface area contributed by atoms with Crippen LogP contribution in [0, 0.1) is 10.1 Å². The third kappa shape index (κ3) is 5.59. The molecule has 0 heterocycles. The van der Waals surface area contributed by atoms with Crippen molar-refractivity contribution in [3.05, 3.63) is 58.6 Å². The van der Waals surface area contributed by atoms with Gasteiger partial charge in [-0.3, -0.25) is 19.7 Å². The van der Waals surface area contributed by atoms with Crippen LogP contribution in [0.15, 0.2) is 53.4 Å². The number of rotatable bonds is 8. The minimum atomic E-state index is -4.25. The van der Waals surface area contributed by atoms with Gasteiger partial charge < -0.3 is 10.6 Å². The number of amides is 2. The van der Waals surface area contributed by atoms with Gasteiger partial charge in [0.1, 0.15) is 0 Å². The highest BCUT2D eigenvalue weighted by Gasteiger charge is 2.31. The number of sulfonamides is 1. The first-order valence-corrected chi connectivity index (χ1v) is 10.00. The van der Waals surface area contributed by atoms with Crippen molar-refractivity contribution in [1.29, 1.82) is 0 Å². The first kappa shape index (κ1) is 22.0. The Kier molecular flexibility index (Phi) is 7.02. The number of hydrogen-bond donors (Lipinski definition) is 2. The van der Waals surface area contributed by atoms with Crippen LogP contribution in [0.3, 0.4) is 0 Å². The number of nitro benzene ring substituents is 1. The number of carbonyl (C=O) groups is 2. The van der Waals surface area contributed by atoms with Crippen molar-refractivity contribution < 1.29 is 22.9 Å². The molecular formula is C18H20N4O6S. The lowest BCUT2D eigenvalue weighted by molar-refractivity contribution is -0.387. The van der Waals surface area contributed by atoms with Crippen molar-refractivity contribution in [2.75, 3.05) is 23.7 Å². The molecule has 0 atom stereocenters. The number of nitro groups is 1. The molecule has 154 valence electrons. The number of likely N-dealkylation sites (N-methyl/N-ethyl adjacent to an activating group) is 1. The molecule has 2 rings (SSSR count). The van der Waals surface area contributed by atoms with Gasteiger partial charge in [-0.25, -0.2) is 8.42 Å². The summed E-state index contributed by atoms with van der Waals surface area (Å²) in [5, 5.41) is 16.3. The van der Waals surface area contributed by atoms with Gasteiger partial charge in [0, 0.05) is 30.9 Å². The van der Waals surface area contributed by atoms with Crippen molar-refractivity contribution in [2.24, 2.45) is 0 Å². The molecule has 11 heteroatoms. The molecule has 2 aromatic carbocycles. The quantitative estimate of drug-likeness (QED) is 0.496. The van der Waals surface area contributed by atoms with E-state index in [0.29, 0.717) is 11.4 Å². The van der Waals surface area contributed by atoms with Crippen LogP contribution in [0.2, 0.25) is 0 Å². The van der Waals surface area contributed by atoms with E-state index in [1.807, 2.05) is 0 Å². The predicted octanol–water partition coefficient (Wildman–Crippen LogP) is 2.20. The lowest BCUT2D eigenvalue weighted by Crippen LogP contribution is -2.38. The molecule has 0 bridgehead atoms. The Morgan fingerprint density at radius 2 is 1.59 bits per heavy atom. The highest BCUT2D eigenvalue weighted by molar-refractivity contribution is 7.89. The molecule has 0 saturated heterocycles. The molecular weight excluding hydrogens is 400 g/mol. The number of carbonyl (C=O) groups excluding carboxylic acids is 2. The first-order valence-electron chi connectivity index (χ1n) is 8.56. The maximum Gasteiger partial charge on any atom is 0.289 e. The SMILES string of the molecule is CCN(CC(=O)Nc1ccc(NC(C)=O)cc1)S(=O)(=O)c1ccccc1[N+](=O)[O-]. The lowest BCUT2D eigenvalue weighted by Gasteiger charge is -2.20. The number of para-hydroxylation sites is 1. The van der Waals surface area contributed by atoms with E-state index in [1.165, 1.54) is 26.0 Å². The smallest absolute Gasteiger partial charge is 0.289 e. The highest BCUT2D eigenvalue weighted by Crippen LogP contribution is 2.26. The zero-order valence-corrected chi connectivity index (χ0v) is 16.6. The topological polar surface area (TPSA) is 139 Å². The van der Waals surface area contributed by atoms with E-state index in [4.69, 9.17) is 0 Å². The molecule has 0 aliphatic rings. The summed E-state index contributed by atoms with van der Waals surface area (Å²) < 4.78 is 26.5. The normalized spacial score (nSPS) is 11.1. The molecule has 2 aromatic rings. The Balaban J connectivity index is 2.15. The van der Waals surface area contributed by atoms with Crippen LogP contribution in [-0.4, -0.2) is 42.6 Å². The zero-order valence-electron chi connectivity index (χ0n) is 15.8. The molecule has 0 aliphatic carbocycles. The molecule has 0 radical (unpaired) electrons. The second-order valence-corrected chi connectivity index (χ2v) is 7.87. The summed E-state index contributed by atoms with van der Waals surface area (Å²) in [5.74, 6) is -0.845. The Morgan fingerprint density at radius 1 is 1.03 bits per heavy atom. The van der Waals surface area contributed by atoms with Gasteiger partial charge in [0.2, 0.25) is 21.8 Å². The van der Waals surface area contributed by atoms with Crippen LogP contribution >= 0.6 is 0 Å². The van der Waals surface area contributed by atoms with Crippen LogP contribution in [0.1, 0.15) is 13.8 Å². The van der Waals surface area contributed by atoms with Gasteiger partial charge in [0.05, 0.1) is 11.5 Å². The van der Waals surface area contributed by atoms with Gasteiger partial charge in [-0.1, -0.05) is 19.1 Å². The van der Waals surface area contributed by atoms with Crippen molar-refractivity contribution in [1.82, 2.24) is 4.31 Å². The van der Waals surface area contributed by atoms with E-state index in [9.17, 15) is 28.1 Å².